The van der Waals surface area contributed by atoms with Gasteiger partial charge in [-0.25, -0.2) is 4.79 Å². The number of carbonyl (C=O) groups is 1. The lowest BCUT2D eigenvalue weighted by Gasteiger charge is -2.29. The number of ether oxygens (including phenoxy) is 1. The van der Waals surface area contributed by atoms with Crippen LogP contribution in [-0.4, -0.2) is 42.2 Å². The molecule has 1 N–H and O–H groups in total. The van der Waals surface area contributed by atoms with Crippen LogP contribution in [-0.2, 0) is 15.1 Å². The highest BCUT2D eigenvalue weighted by Gasteiger charge is 2.42. The molecule has 5 heteroatoms. The van der Waals surface area contributed by atoms with Crippen LogP contribution in [0.25, 0.3) is 0 Å². The molecule has 1 unspecified atom stereocenters. The van der Waals surface area contributed by atoms with Gasteiger partial charge in [0.05, 0.1) is 0 Å². The Labute approximate surface area is 168 Å². The Balaban J connectivity index is 0.00000364. The van der Waals surface area contributed by atoms with Gasteiger partial charge in [0, 0.05) is 12.1 Å². The van der Waals surface area contributed by atoms with Gasteiger partial charge in [-0.15, -0.1) is 12.4 Å². The number of hydrogen-bond donors (Lipinski definition) is 1. The molecule has 148 valence electrons. The molecule has 0 spiro atoms. The summed E-state index contributed by atoms with van der Waals surface area (Å²) < 4.78 is 5.51. The summed E-state index contributed by atoms with van der Waals surface area (Å²) in [5.74, 6) is -0.635. The molecule has 4 nitrogen and oxygen atoms in total. The number of aliphatic hydroxyl groups is 1. The van der Waals surface area contributed by atoms with Crippen LogP contribution >= 0.6 is 12.4 Å². The van der Waals surface area contributed by atoms with E-state index in [9.17, 15) is 9.90 Å². The minimum absolute atomic E-state index is 0. The van der Waals surface area contributed by atoms with Gasteiger partial charge in [-0.2, -0.15) is 0 Å². The summed E-state index contributed by atoms with van der Waals surface area (Å²) in [6.07, 6.45) is 0. The first-order valence-electron chi connectivity index (χ1n) is 9.19. The van der Waals surface area contributed by atoms with Crippen LogP contribution in [0.4, 0.5) is 0 Å². The maximum absolute atomic E-state index is 13.0. The van der Waals surface area contributed by atoms with Gasteiger partial charge in [0.2, 0.25) is 5.60 Å². The average Bonchev–Trinajstić information content (AvgIpc) is 2.67. The zero-order valence-corrected chi connectivity index (χ0v) is 17.4. The minimum atomic E-state index is -1.82. The molecule has 0 bridgehead atoms. The van der Waals surface area contributed by atoms with Crippen LogP contribution < -0.4 is 0 Å². The van der Waals surface area contributed by atoms with Crippen molar-refractivity contribution in [2.45, 2.75) is 33.3 Å². The van der Waals surface area contributed by atoms with E-state index in [1.54, 1.807) is 18.2 Å². The zero-order chi connectivity index (χ0) is 19.2. The van der Waals surface area contributed by atoms with Crippen molar-refractivity contribution in [2.24, 2.45) is 0 Å². The minimum Gasteiger partial charge on any atom is -0.462 e. The highest BCUT2D eigenvalue weighted by molar-refractivity contribution is 5.86. The zero-order valence-electron chi connectivity index (χ0n) is 16.6. The predicted octanol–water partition coefficient (Wildman–Crippen LogP) is 3.85. The van der Waals surface area contributed by atoms with Crippen molar-refractivity contribution in [3.63, 3.8) is 0 Å². The summed E-state index contributed by atoms with van der Waals surface area (Å²) in [6, 6.07) is 14.6. The number of likely N-dealkylation sites (N-methyl/N-ethyl adjacent to an activating group) is 1. The molecule has 0 radical (unpaired) electrons. The van der Waals surface area contributed by atoms with Gasteiger partial charge < -0.3 is 14.7 Å². The molecule has 0 aliphatic heterocycles. The Bertz CT molecular complexity index is 732. The van der Waals surface area contributed by atoms with Crippen molar-refractivity contribution in [2.75, 3.05) is 26.2 Å². The van der Waals surface area contributed by atoms with Crippen LogP contribution in [0.3, 0.4) is 0 Å². The van der Waals surface area contributed by atoms with Crippen LogP contribution in [0.15, 0.2) is 48.5 Å². The third-order valence-corrected chi connectivity index (χ3v) is 5.02. The Kier molecular flexibility index (Phi) is 8.97. The van der Waals surface area contributed by atoms with Gasteiger partial charge in [0.15, 0.2) is 0 Å². The number of rotatable bonds is 8. The fourth-order valence-electron chi connectivity index (χ4n) is 3.12. The fourth-order valence-corrected chi connectivity index (χ4v) is 3.12. The van der Waals surface area contributed by atoms with E-state index in [0.717, 1.165) is 24.2 Å². The SMILES string of the molecule is CCN(CC)CCOC(=O)C(O)(c1ccccc1)c1cccc(C)c1C.Cl. The van der Waals surface area contributed by atoms with Gasteiger partial charge in [-0.3, -0.25) is 0 Å². The lowest BCUT2D eigenvalue weighted by Crippen LogP contribution is -2.40. The second-order valence-corrected chi connectivity index (χ2v) is 6.49. The van der Waals surface area contributed by atoms with Crippen molar-refractivity contribution in [1.82, 2.24) is 4.90 Å². The Morgan fingerprint density at radius 3 is 2.26 bits per heavy atom. The molecule has 0 aromatic heterocycles. The van der Waals surface area contributed by atoms with E-state index in [4.69, 9.17) is 4.74 Å². The van der Waals surface area contributed by atoms with E-state index in [1.165, 1.54) is 0 Å². The molecule has 0 saturated heterocycles. The van der Waals surface area contributed by atoms with Crippen molar-refractivity contribution in [3.8, 4) is 0 Å². The summed E-state index contributed by atoms with van der Waals surface area (Å²) in [5.41, 5.74) is 1.17. The van der Waals surface area contributed by atoms with Gasteiger partial charge >= 0.3 is 5.97 Å². The molecule has 27 heavy (non-hydrogen) atoms. The summed E-state index contributed by atoms with van der Waals surface area (Å²) >= 11 is 0. The smallest absolute Gasteiger partial charge is 0.347 e. The number of hydrogen-bond acceptors (Lipinski definition) is 4. The number of nitrogens with zero attached hydrogens (tertiary/aromatic N) is 1. The fraction of sp³-hybridized carbons (Fsp3) is 0.409. The quantitative estimate of drug-likeness (QED) is 0.694. The molecule has 2 aromatic rings. The Morgan fingerprint density at radius 2 is 1.67 bits per heavy atom. The molecule has 0 saturated carbocycles. The van der Waals surface area contributed by atoms with Crippen LogP contribution in [0, 0.1) is 13.8 Å². The van der Waals surface area contributed by atoms with Gasteiger partial charge in [-0.1, -0.05) is 62.4 Å². The summed E-state index contributed by atoms with van der Waals surface area (Å²) in [4.78, 5) is 15.2. The molecular weight excluding hydrogens is 362 g/mol. The third kappa shape index (κ3) is 5.10. The summed E-state index contributed by atoms with van der Waals surface area (Å²) in [5, 5.41) is 11.5. The molecule has 0 fully saturated rings. The van der Waals surface area contributed by atoms with Crippen molar-refractivity contribution in [3.05, 3.63) is 70.8 Å². The van der Waals surface area contributed by atoms with Gasteiger partial charge in [0.25, 0.3) is 0 Å². The molecular formula is C22H30ClNO3. The monoisotopic (exact) mass is 391 g/mol. The second-order valence-electron chi connectivity index (χ2n) is 6.49. The highest BCUT2D eigenvalue weighted by atomic mass is 35.5. The maximum atomic E-state index is 13.0. The Hall–Kier alpha value is -1.88. The largest absolute Gasteiger partial charge is 0.462 e. The van der Waals surface area contributed by atoms with E-state index in [2.05, 4.69) is 18.7 Å². The Morgan fingerprint density at radius 1 is 1.04 bits per heavy atom. The normalized spacial score (nSPS) is 13.0. The average molecular weight is 392 g/mol. The lowest BCUT2D eigenvalue weighted by molar-refractivity contribution is -0.162. The number of esters is 1. The van der Waals surface area contributed by atoms with Crippen molar-refractivity contribution in [1.29, 1.82) is 0 Å². The van der Waals surface area contributed by atoms with E-state index in [-0.39, 0.29) is 19.0 Å². The van der Waals surface area contributed by atoms with Crippen LogP contribution in [0.1, 0.15) is 36.1 Å². The topological polar surface area (TPSA) is 49.8 Å². The number of halogens is 1. The standard InChI is InChI=1S/C22H29NO3.ClH/c1-5-23(6-2)15-16-26-21(24)22(25,19-12-8-7-9-13-19)20-14-10-11-17(3)18(20)4;/h7-14,25H,5-6,15-16H2,1-4H3;1H. The number of aryl methyl sites for hydroxylation is 1. The highest BCUT2D eigenvalue weighted by Crippen LogP contribution is 2.34. The van der Waals surface area contributed by atoms with Gasteiger partial charge in [-0.05, 0) is 43.6 Å². The van der Waals surface area contributed by atoms with Crippen LogP contribution in [0.5, 0.6) is 0 Å². The number of carbonyl (C=O) groups excluding carboxylic acids is 1. The lowest BCUT2D eigenvalue weighted by atomic mass is 9.83. The van der Waals surface area contributed by atoms with Gasteiger partial charge in [0.1, 0.15) is 6.61 Å². The van der Waals surface area contributed by atoms with E-state index in [0.29, 0.717) is 17.7 Å². The third-order valence-electron chi connectivity index (χ3n) is 5.02. The van der Waals surface area contributed by atoms with E-state index in [1.807, 2.05) is 44.2 Å². The van der Waals surface area contributed by atoms with Crippen LogP contribution in [0.2, 0.25) is 0 Å². The van der Waals surface area contributed by atoms with Crippen molar-refractivity contribution >= 4 is 18.4 Å². The first kappa shape index (κ1) is 23.2. The summed E-state index contributed by atoms with van der Waals surface area (Å²) in [6.45, 7) is 10.7. The molecule has 0 heterocycles. The molecule has 1 atom stereocenters. The predicted molar refractivity (Wildman–Crippen MR) is 111 cm³/mol. The summed E-state index contributed by atoms with van der Waals surface area (Å²) in [7, 11) is 0. The van der Waals surface area contributed by atoms with E-state index < -0.39 is 11.6 Å². The molecule has 0 aliphatic rings. The molecule has 0 amide bonds. The molecule has 0 aliphatic carbocycles. The first-order valence-corrected chi connectivity index (χ1v) is 9.19. The maximum Gasteiger partial charge on any atom is 0.347 e. The van der Waals surface area contributed by atoms with Crippen molar-refractivity contribution < 1.29 is 14.6 Å². The second kappa shape index (κ2) is 10.5. The first-order chi connectivity index (χ1) is 12.4. The molecule has 2 aromatic carbocycles. The van der Waals surface area contributed by atoms with E-state index >= 15 is 0 Å². The molecule has 2 rings (SSSR count). The number of benzene rings is 2.